The van der Waals surface area contributed by atoms with E-state index in [-0.39, 0.29) is 6.42 Å². The molecule has 0 atom stereocenters. The van der Waals surface area contributed by atoms with Crippen molar-refractivity contribution < 1.29 is 9.90 Å². The van der Waals surface area contributed by atoms with E-state index in [4.69, 9.17) is 5.11 Å². The van der Waals surface area contributed by atoms with Crippen LogP contribution in [-0.4, -0.2) is 48.7 Å². The van der Waals surface area contributed by atoms with Crippen molar-refractivity contribution in [2.45, 2.75) is 20.3 Å². The first-order valence-electron chi connectivity index (χ1n) is 6.88. The van der Waals surface area contributed by atoms with Crippen molar-refractivity contribution in [3.63, 3.8) is 0 Å². The van der Waals surface area contributed by atoms with Gasteiger partial charge in [0.1, 0.15) is 0 Å². The van der Waals surface area contributed by atoms with Crippen LogP contribution in [0.25, 0.3) is 0 Å². The van der Waals surface area contributed by atoms with Gasteiger partial charge in [-0.15, -0.1) is 0 Å². The molecular formula is C15H22N2O2. The zero-order valence-electron chi connectivity index (χ0n) is 11.7. The lowest BCUT2D eigenvalue weighted by molar-refractivity contribution is -0.136. The highest BCUT2D eigenvalue weighted by molar-refractivity contribution is 5.71. The maximum atomic E-state index is 10.7. The number of carboxylic acids is 1. The molecule has 2 rings (SSSR count). The zero-order chi connectivity index (χ0) is 13.8. The predicted octanol–water partition coefficient (Wildman–Crippen LogP) is 1.76. The highest BCUT2D eigenvalue weighted by atomic mass is 16.4. The molecule has 1 aliphatic rings. The summed E-state index contributed by atoms with van der Waals surface area (Å²) in [5.74, 6) is -0.774. The fourth-order valence-electron chi connectivity index (χ4n) is 2.66. The Morgan fingerprint density at radius 3 is 2.47 bits per heavy atom. The second-order valence-corrected chi connectivity index (χ2v) is 5.11. The number of carboxylic acid groups (broad SMARTS) is 1. The Hall–Kier alpha value is -1.55. The van der Waals surface area contributed by atoms with Crippen LogP contribution in [0.4, 0.5) is 5.69 Å². The second-order valence-electron chi connectivity index (χ2n) is 5.11. The molecular weight excluding hydrogens is 240 g/mol. The van der Waals surface area contributed by atoms with Crippen molar-refractivity contribution in [2.24, 2.45) is 0 Å². The molecule has 1 N–H and O–H groups in total. The third-order valence-electron chi connectivity index (χ3n) is 3.78. The minimum absolute atomic E-state index is 0.102. The van der Waals surface area contributed by atoms with Gasteiger partial charge in [-0.25, -0.2) is 0 Å². The van der Waals surface area contributed by atoms with Crippen LogP contribution in [0.5, 0.6) is 0 Å². The highest BCUT2D eigenvalue weighted by Gasteiger charge is 2.17. The summed E-state index contributed by atoms with van der Waals surface area (Å²) in [5, 5.41) is 8.82. The van der Waals surface area contributed by atoms with E-state index in [1.54, 1.807) is 0 Å². The van der Waals surface area contributed by atoms with Gasteiger partial charge in [0, 0.05) is 31.9 Å². The molecule has 0 aliphatic carbocycles. The van der Waals surface area contributed by atoms with Crippen molar-refractivity contribution in [1.29, 1.82) is 0 Å². The fraction of sp³-hybridized carbons (Fsp3) is 0.533. The first-order valence-corrected chi connectivity index (χ1v) is 6.88. The fourth-order valence-corrected chi connectivity index (χ4v) is 2.66. The lowest BCUT2D eigenvalue weighted by atomic mass is 10.1. The van der Waals surface area contributed by atoms with Gasteiger partial charge in [-0.05, 0) is 30.7 Å². The molecule has 1 heterocycles. The molecule has 4 heteroatoms. The Morgan fingerprint density at radius 1 is 1.26 bits per heavy atom. The number of hydrogen-bond donors (Lipinski definition) is 1. The standard InChI is InChI=1S/C15H22N2O2/c1-3-16-6-8-17(9-7-16)14-5-4-13(10-12(14)2)11-15(18)19/h4-5,10H,3,6-9,11H2,1-2H3,(H,18,19). The monoisotopic (exact) mass is 262 g/mol. The molecule has 1 aromatic rings. The first-order chi connectivity index (χ1) is 9.10. The van der Waals surface area contributed by atoms with Gasteiger partial charge in [0.2, 0.25) is 0 Å². The largest absolute Gasteiger partial charge is 0.481 e. The number of carbonyl (C=O) groups is 1. The molecule has 0 unspecified atom stereocenters. The molecule has 0 radical (unpaired) electrons. The van der Waals surface area contributed by atoms with Gasteiger partial charge < -0.3 is 14.9 Å². The van der Waals surface area contributed by atoms with E-state index in [2.05, 4.69) is 29.7 Å². The van der Waals surface area contributed by atoms with Gasteiger partial charge in [-0.1, -0.05) is 19.1 Å². The summed E-state index contributed by atoms with van der Waals surface area (Å²) >= 11 is 0. The number of anilines is 1. The van der Waals surface area contributed by atoms with Crippen LogP contribution >= 0.6 is 0 Å². The van der Waals surface area contributed by atoms with Crippen LogP contribution in [0.2, 0.25) is 0 Å². The molecule has 4 nitrogen and oxygen atoms in total. The van der Waals surface area contributed by atoms with Gasteiger partial charge in [0.25, 0.3) is 0 Å². The van der Waals surface area contributed by atoms with Crippen molar-refractivity contribution in [2.75, 3.05) is 37.6 Å². The number of aryl methyl sites for hydroxylation is 1. The summed E-state index contributed by atoms with van der Waals surface area (Å²) in [5.41, 5.74) is 3.29. The van der Waals surface area contributed by atoms with E-state index in [0.29, 0.717) is 0 Å². The van der Waals surface area contributed by atoms with E-state index in [1.807, 2.05) is 12.1 Å². The Balaban J connectivity index is 2.07. The number of hydrogen-bond acceptors (Lipinski definition) is 3. The number of aliphatic carboxylic acids is 1. The van der Waals surface area contributed by atoms with Crippen LogP contribution < -0.4 is 4.90 Å². The van der Waals surface area contributed by atoms with Gasteiger partial charge in [0.15, 0.2) is 0 Å². The molecule has 1 aliphatic heterocycles. The van der Waals surface area contributed by atoms with Crippen LogP contribution in [-0.2, 0) is 11.2 Å². The van der Waals surface area contributed by atoms with Crippen LogP contribution in [0.15, 0.2) is 18.2 Å². The molecule has 0 aromatic heterocycles. The Kier molecular flexibility index (Phi) is 4.43. The summed E-state index contributed by atoms with van der Waals surface area (Å²) in [7, 11) is 0. The first kappa shape index (κ1) is 13.9. The minimum atomic E-state index is -0.774. The maximum absolute atomic E-state index is 10.7. The quantitative estimate of drug-likeness (QED) is 0.898. The van der Waals surface area contributed by atoms with Crippen LogP contribution in [0.1, 0.15) is 18.1 Å². The van der Waals surface area contributed by atoms with Crippen molar-refractivity contribution in [3.05, 3.63) is 29.3 Å². The average Bonchev–Trinajstić information content (AvgIpc) is 2.38. The molecule has 0 spiro atoms. The minimum Gasteiger partial charge on any atom is -0.481 e. The SMILES string of the molecule is CCN1CCN(c2ccc(CC(=O)O)cc2C)CC1. The van der Waals surface area contributed by atoms with Crippen molar-refractivity contribution in [3.8, 4) is 0 Å². The summed E-state index contributed by atoms with van der Waals surface area (Å²) in [6.45, 7) is 9.68. The number of benzene rings is 1. The zero-order valence-corrected chi connectivity index (χ0v) is 11.7. The van der Waals surface area contributed by atoms with Gasteiger partial charge in [-0.3, -0.25) is 4.79 Å². The predicted molar refractivity (Wildman–Crippen MR) is 76.8 cm³/mol. The van der Waals surface area contributed by atoms with Crippen LogP contribution in [0, 0.1) is 6.92 Å². The highest BCUT2D eigenvalue weighted by Crippen LogP contribution is 2.22. The maximum Gasteiger partial charge on any atom is 0.307 e. The third kappa shape index (κ3) is 3.47. The third-order valence-corrected chi connectivity index (χ3v) is 3.78. The molecule has 1 saturated heterocycles. The van der Waals surface area contributed by atoms with Gasteiger partial charge in [0.05, 0.1) is 6.42 Å². The molecule has 0 bridgehead atoms. The van der Waals surface area contributed by atoms with E-state index in [0.717, 1.165) is 38.3 Å². The summed E-state index contributed by atoms with van der Waals surface area (Å²) in [4.78, 5) is 15.6. The van der Waals surface area contributed by atoms with E-state index < -0.39 is 5.97 Å². The van der Waals surface area contributed by atoms with Crippen molar-refractivity contribution >= 4 is 11.7 Å². The number of nitrogens with zero attached hydrogens (tertiary/aromatic N) is 2. The Bertz CT molecular complexity index is 451. The second kappa shape index (κ2) is 6.06. The lowest BCUT2D eigenvalue weighted by Gasteiger charge is -2.36. The Labute approximate surface area is 114 Å². The molecule has 0 saturated carbocycles. The smallest absolute Gasteiger partial charge is 0.307 e. The van der Waals surface area contributed by atoms with E-state index >= 15 is 0 Å². The summed E-state index contributed by atoms with van der Waals surface area (Å²) < 4.78 is 0. The average molecular weight is 262 g/mol. The number of piperazine rings is 1. The molecule has 104 valence electrons. The van der Waals surface area contributed by atoms with Crippen molar-refractivity contribution in [1.82, 2.24) is 4.90 Å². The van der Waals surface area contributed by atoms with Crippen LogP contribution in [0.3, 0.4) is 0 Å². The Morgan fingerprint density at radius 2 is 1.95 bits per heavy atom. The number of likely N-dealkylation sites (N-methyl/N-ethyl adjacent to an activating group) is 1. The van der Waals surface area contributed by atoms with Gasteiger partial charge >= 0.3 is 5.97 Å². The molecule has 1 fully saturated rings. The lowest BCUT2D eigenvalue weighted by Crippen LogP contribution is -2.46. The summed E-state index contributed by atoms with van der Waals surface area (Å²) in [6, 6.07) is 5.99. The van der Waals surface area contributed by atoms with E-state index in [9.17, 15) is 4.79 Å². The molecule has 0 amide bonds. The molecule has 19 heavy (non-hydrogen) atoms. The topological polar surface area (TPSA) is 43.8 Å². The van der Waals surface area contributed by atoms with E-state index in [1.165, 1.54) is 11.3 Å². The molecule has 1 aromatic carbocycles. The van der Waals surface area contributed by atoms with Gasteiger partial charge in [-0.2, -0.15) is 0 Å². The summed E-state index contributed by atoms with van der Waals surface area (Å²) in [6.07, 6.45) is 0.102. The number of rotatable bonds is 4. The normalized spacial score (nSPS) is 16.6.